The maximum Gasteiger partial charge on any atom is 0.497 e. The summed E-state index contributed by atoms with van der Waals surface area (Å²) in [6.07, 6.45) is 0. The van der Waals surface area contributed by atoms with Crippen LogP contribution in [0.25, 0.3) is 54.6 Å². The average Bonchev–Trinajstić information content (AvgIpc) is 3.33. The molecule has 0 N–H and O–H groups in total. The Morgan fingerprint density at radius 3 is 2.03 bits per heavy atom. The first-order valence-electron chi connectivity index (χ1n) is 9.54. The van der Waals surface area contributed by atoms with Crippen molar-refractivity contribution in [2.45, 2.75) is 0 Å². The van der Waals surface area contributed by atoms with E-state index in [9.17, 15) is 0 Å². The fourth-order valence-corrected chi connectivity index (χ4v) is 4.48. The highest BCUT2D eigenvalue weighted by atomic mass is 16.6. The normalized spacial score (nSPS) is 12.1. The number of fused-ring (bicyclic) bond motifs is 9. The summed E-state index contributed by atoms with van der Waals surface area (Å²) in [6.45, 7) is 0. The summed E-state index contributed by atoms with van der Waals surface area (Å²) in [5.74, 6) is 0. The molecule has 0 amide bonds. The van der Waals surface area contributed by atoms with E-state index in [1.807, 2.05) is 42.5 Å². The van der Waals surface area contributed by atoms with Gasteiger partial charge in [0.1, 0.15) is 22.3 Å². The number of benzene rings is 4. The first-order valence-corrected chi connectivity index (χ1v) is 9.54. The average molecular weight is 380 g/mol. The SMILES string of the molecule is COB(OC)c1cc2ccc3oc4ccccc4c3c2c2c1oc1ccccc12. The van der Waals surface area contributed by atoms with Crippen LogP contribution in [0.3, 0.4) is 0 Å². The molecule has 4 aromatic carbocycles. The zero-order chi connectivity index (χ0) is 19.5. The van der Waals surface area contributed by atoms with Crippen molar-refractivity contribution in [2.75, 3.05) is 14.2 Å². The standard InChI is InChI=1S/C24H17BO4/c1-26-25(27-2)17-13-14-11-12-20-22(15-7-3-5-9-18(15)28-20)21(14)23-16-8-4-6-10-19(16)29-24(17)23/h3-13H,1-2H3. The minimum atomic E-state index is -0.515. The lowest BCUT2D eigenvalue weighted by Crippen LogP contribution is -2.35. The van der Waals surface area contributed by atoms with E-state index in [0.717, 1.165) is 60.1 Å². The van der Waals surface area contributed by atoms with Crippen LogP contribution in [0.2, 0.25) is 0 Å². The summed E-state index contributed by atoms with van der Waals surface area (Å²) in [6, 6.07) is 22.5. The molecule has 0 bridgehead atoms. The van der Waals surface area contributed by atoms with Crippen LogP contribution in [-0.4, -0.2) is 21.3 Å². The molecule has 0 unspecified atom stereocenters. The van der Waals surface area contributed by atoms with Crippen molar-refractivity contribution < 1.29 is 18.1 Å². The van der Waals surface area contributed by atoms with Gasteiger partial charge in [-0.25, -0.2) is 0 Å². The molecule has 29 heavy (non-hydrogen) atoms. The zero-order valence-corrected chi connectivity index (χ0v) is 16.1. The van der Waals surface area contributed by atoms with Crippen molar-refractivity contribution >= 4 is 67.2 Å². The van der Waals surface area contributed by atoms with E-state index in [-0.39, 0.29) is 0 Å². The Labute approximate surface area is 166 Å². The molecular weight excluding hydrogens is 363 g/mol. The Morgan fingerprint density at radius 1 is 0.655 bits per heavy atom. The van der Waals surface area contributed by atoms with E-state index in [1.54, 1.807) is 14.2 Å². The van der Waals surface area contributed by atoms with E-state index in [0.29, 0.717) is 0 Å². The quantitative estimate of drug-likeness (QED) is 0.374. The van der Waals surface area contributed by atoms with E-state index >= 15 is 0 Å². The smallest absolute Gasteiger partial charge is 0.456 e. The fourth-order valence-electron chi connectivity index (χ4n) is 4.48. The van der Waals surface area contributed by atoms with E-state index in [4.69, 9.17) is 18.1 Å². The van der Waals surface area contributed by atoms with Gasteiger partial charge < -0.3 is 18.1 Å². The minimum Gasteiger partial charge on any atom is -0.456 e. The van der Waals surface area contributed by atoms with Gasteiger partial charge in [0.05, 0.1) is 0 Å². The van der Waals surface area contributed by atoms with E-state index < -0.39 is 7.12 Å². The zero-order valence-electron chi connectivity index (χ0n) is 16.1. The Kier molecular flexibility index (Phi) is 3.51. The molecular formula is C24H17BO4. The van der Waals surface area contributed by atoms with Crippen molar-refractivity contribution in [3.05, 3.63) is 66.7 Å². The van der Waals surface area contributed by atoms with Gasteiger partial charge in [-0.15, -0.1) is 0 Å². The molecule has 0 spiro atoms. The third-order valence-electron chi connectivity index (χ3n) is 5.68. The second-order valence-corrected chi connectivity index (χ2v) is 7.21. The monoisotopic (exact) mass is 380 g/mol. The number of para-hydroxylation sites is 2. The maximum absolute atomic E-state index is 6.32. The van der Waals surface area contributed by atoms with Crippen LogP contribution >= 0.6 is 0 Å². The van der Waals surface area contributed by atoms with Crippen LogP contribution in [0.5, 0.6) is 0 Å². The van der Waals surface area contributed by atoms with Gasteiger partial charge in [0, 0.05) is 46.6 Å². The van der Waals surface area contributed by atoms with Crippen molar-refractivity contribution in [3.8, 4) is 0 Å². The second kappa shape index (κ2) is 6.11. The molecule has 0 aliphatic heterocycles. The van der Waals surface area contributed by atoms with Gasteiger partial charge >= 0.3 is 7.12 Å². The molecule has 0 radical (unpaired) electrons. The van der Waals surface area contributed by atoms with Gasteiger partial charge in [0.15, 0.2) is 0 Å². The number of hydrogen-bond acceptors (Lipinski definition) is 4. The molecule has 0 saturated carbocycles. The van der Waals surface area contributed by atoms with Crippen LogP contribution in [0, 0.1) is 0 Å². The molecule has 5 heteroatoms. The third kappa shape index (κ3) is 2.23. The van der Waals surface area contributed by atoms with Gasteiger partial charge in [-0.1, -0.05) is 48.5 Å². The topological polar surface area (TPSA) is 44.7 Å². The maximum atomic E-state index is 6.32. The summed E-state index contributed by atoms with van der Waals surface area (Å²) >= 11 is 0. The van der Waals surface area contributed by atoms with E-state index in [1.165, 1.54) is 0 Å². The molecule has 6 aromatic rings. The lowest BCUT2D eigenvalue weighted by atomic mass is 9.76. The predicted molar refractivity (Wildman–Crippen MR) is 118 cm³/mol. The Morgan fingerprint density at radius 2 is 1.31 bits per heavy atom. The van der Waals surface area contributed by atoms with Gasteiger partial charge in [0.2, 0.25) is 0 Å². The van der Waals surface area contributed by atoms with Crippen LogP contribution < -0.4 is 5.46 Å². The summed E-state index contributed by atoms with van der Waals surface area (Å²) in [4.78, 5) is 0. The van der Waals surface area contributed by atoms with E-state index in [2.05, 4.69) is 24.3 Å². The predicted octanol–water partition coefficient (Wildman–Crippen LogP) is 5.63. The Bertz CT molecular complexity index is 1540. The molecule has 2 aromatic heterocycles. The Hall–Kier alpha value is -3.28. The summed E-state index contributed by atoms with van der Waals surface area (Å²) in [5.41, 5.74) is 4.25. The highest BCUT2D eigenvalue weighted by Gasteiger charge is 2.27. The third-order valence-corrected chi connectivity index (χ3v) is 5.68. The molecule has 0 saturated heterocycles. The minimum absolute atomic E-state index is 0.515. The van der Waals surface area contributed by atoms with Crippen LogP contribution in [-0.2, 0) is 9.31 Å². The van der Waals surface area contributed by atoms with Crippen LogP contribution in [0.1, 0.15) is 0 Å². The fraction of sp³-hybridized carbons (Fsp3) is 0.0833. The summed E-state index contributed by atoms with van der Waals surface area (Å²) in [7, 11) is 2.76. The van der Waals surface area contributed by atoms with Crippen LogP contribution in [0.4, 0.5) is 0 Å². The molecule has 4 nitrogen and oxygen atoms in total. The first-order chi connectivity index (χ1) is 14.3. The van der Waals surface area contributed by atoms with Crippen LogP contribution in [0.15, 0.2) is 75.6 Å². The van der Waals surface area contributed by atoms with Crippen molar-refractivity contribution in [3.63, 3.8) is 0 Å². The summed E-state index contributed by atoms with van der Waals surface area (Å²) in [5, 5.41) is 6.55. The lowest BCUT2D eigenvalue weighted by molar-refractivity contribution is 0.292. The van der Waals surface area contributed by atoms with Crippen molar-refractivity contribution in [2.24, 2.45) is 0 Å². The molecule has 6 rings (SSSR count). The number of furan rings is 2. The molecule has 2 heterocycles. The highest BCUT2D eigenvalue weighted by molar-refractivity contribution is 6.65. The Balaban J connectivity index is 1.93. The largest absolute Gasteiger partial charge is 0.497 e. The van der Waals surface area contributed by atoms with Gasteiger partial charge in [-0.2, -0.15) is 0 Å². The van der Waals surface area contributed by atoms with Gasteiger partial charge in [-0.05, 0) is 23.6 Å². The first kappa shape index (κ1) is 16.7. The number of hydrogen-bond donors (Lipinski definition) is 0. The molecule has 0 atom stereocenters. The molecule has 140 valence electrons. The number of rotatable bonds is 3. The van der Waals surface area contributed by atoms with Gasteiger partial charge in [-0.3, -0.25) is 0 Å². The highest BCUT2D eigenvalue weighted by Crippen LogP contribution is 2.41. The second-order valence-electron chi connectivity index (χ2n) is 7.21. The molecule has 0 fully saturated rings. The van der Waals surface area contributed by atoms with Gasteiger partial charge in [0.25, 0.3) is 0 Å². The van der Waals surface area contributed by atoms with Crippen molar-refractivity contribution in [1.29, 1.82) is 0 Å². The van der Waals surface area contributed by atoms with Crippen molar-refractivity contribution in [1.82, 2.24) is 0 Å². The molecule has 0 aliphatic carbocycles. The molecule has 0 aliphatic rings. The summed E-state index contributed by atoms with van der Waals surface area (Å²) < 4.78 is 23.6. The lowest BCUT2D eigenvalue weighted by Gasteiger charge is -2.11.